The van der Waals surface area contributed by atoms with Gasteiger partial charge in [0.25, 0.3) is 0 Å². The molecule has 6 heteroatoms. The molecule has 1 amide bonds. The van der Waals surface area contributed by atoms with E-state index in [9.17, 15) is 4.79 Å². The minimum absolute atomic E-state index is 0.243. The second kappa shape index (κ2) is 7.20. The van der Waals surface area contributed by atoms with Crippen molar-refractivity contribution in [3.63, 3.8) is 0 Å². The van der Waals surface area contributed by atoms with E-state index >= 15 is 0 Å². The van der Waals surface area contributed by atoms with Crippen LogP contribution in [0.4, 0.5) is 4.79 Å². The van der Waals surface area contributed by atoms with E-state index in [1.54, 1.807) is 4.90 Å². The van der Waals surface area contributed by atoms with E-state index in [1.807, 2.05) is 20.8 Å². The maximum absolute atomic E-state index is 12.0. The smallest absolute Gasteiger partial charge is 0.410 e. The van der Waals surface area contributed by atoms with E-state index in [1.165, 1.54) is 19.3 Å². The van der Waals surface area contributed by atoms with Crippen LogP contribution in [0.1, 0.15) is 46.5 Å². The van der Waals surface area contributed by atoms with Crippen molar-refractivity contribution in [1.29, 1.82) is 0 Å². The predicted molar refractivity (Wildman–Crippen MR) is 87.8 cm³/mol. The van der Waals surface area contributed by atoms with Crippen molar-refractivity contribution in [2.45, 2.75) is 52.1 Å². The molecule has 126 valence electrons. The van der Waals surface area contributed by atoms with Crippen molar-refractivity contribution < 1.29 is 9.53 Å². The quantitative estimate of drug-likeness (QED) is 0.639. The number of rotatable bonds is 3. The average molecular weight is 310 g/mol. The Labute approximate surface area is 133 Å². The third kappa shape index (κ3) is 5.07. The normalized spacial score (nSPS) is 20.8. The summed E-state index contributed by atoms with van der Waals surface area (Å²) in [5, 5.41) is 0. The topological polar surface area (TPSA) is 71.2 Å². The van der Waals surface area contributed by atoms with Gasteiger partial charge in [-0.25, -0.2) is 4.79 Å². The fourth-order valence-electron chi connectivity index (χ4n) is 2.69. The number of aliphatic imine (C=N–C) groups is 1. The number of hydrogen-bond donors (Lipinski definition) is 1. The number of piperazine rings is 1. The highest BCUT2D eigenvalue weighted by molar-refractivity contribution is 5.78. The summed E-state index contributed by atoms with van der Waals surface area (Å²) in [7, 11) is 0. The summed E-state index contributed by atoms with van der Waals surface area (Å²) < 4.78 is 5.39. The fourth-order valence-corrected chi connectivity index (χ4v) is 2.69. The molecule has 0 aromatic heterocycles. The van der Waals surface area contributed by atoms with Crippen molar-refractivity contribution in [1.82, 2.24) is 9.80 Å². The largest absolute Gasteiger partial charge is 0.444 e. The maximum Gasteiger partial charge on any atom is 0.410 e. The van der Waals surface area contributed by atoms with Gasteiger partial charge in [-0.1, -0.05) is 19.3 Å². The fraction of sp³-hybridized carbons (Fsp3) is 0.875. The first kappa shape index (κ1) is 16.9. The lowest BCUT2D eigenvalue weighted by molar-refractivity contribution is 0.0186. The third-order valence-electron chi connectivity index (χ3n) is 4.29. The van der Waals surface area contributed by atoms with Gasteiger partial charge in [-0.05, 0) is 33.1 Å². The van der Waals surface area contributed by atoms with E-state index in [-0.39, 0.29) is 6.09 Å². The van der Waals surface area contributed by atoms with Crippen LogP contribution in [0.25, 0.3) is 0 Å². The SMILES string of the molecule is CC(C)(C)OC(=O)N1CCN(C(N)=NCCC2CCC2)CC1. The summed E-state index contributed by atoms with van der Waals surface area (Å²) in [4.78, 5) is 20.3. The first-order valence-corrected chi connectivity index (χ1v) is 8.38. The first-order valence-electron chi connectivity index (χ1n) is 8.38. The van der Waals surface area contributed by atoms with Gasteiger partial charge in [0, 0.05) is 32.7 Å². The number of amides is 1. The second-order valence-corrected chi connectivity index (χ2v) is 7.28. The van der Waals surface area contributed by atoms with E-state index < -0.39 is 5.60 Å². The number of nitrogens with zero attached hydrogens (tertiary/aromatic N) is 3. The Hall–Kier alpha value is -1.46. The van der Waals surface area contributed by atoms with E-state index in [4.69, 9.17) is 10.5 Å². The van der Waals surface area contributed by atoms with Crippen LogP contribution >= 0.6 is 0 Å². The highest BCUT2D eigenvalue weighted by Gasteiger charge is 2.26. The Morgan fingerprint density at radius 3 is 2.27 bits per heavy atom. The Balaban J connectivity index is 1.71. The van der Waals surface area contributed by atoms with Crippen LogP contribution in [-0.4, -0.2) is 60.2 Å². The highest BCUT2D eigenvalue weighted by atomic mass is 16.6. The average Bonchev–Trinajstić information content (AvgIpc) is 2.39. The lowest BCUT2D eigenvalue weighted by Gasteiger charge is -2.36. The molecule has 1 saturated heterocycles. The van der Waals surface area contributed by atoms with Crippen LogP contribution in [0.5, 0.6) is 0 Å². The van der Waals surface area contributed by atoms with Gasteiger partial charge < -0.3 is 20.3 Å². The summed E-state index contributed by atoms with van der Waals surface area (Å²) in [5.74, 6) is 1.48. The van der Waals surface area contributed by atoms with Crippen LogP contribution in [0.2, 0.25) is 0 Å². The minimum Gasteiger partial charge on any atom is -0.444 e. The molecule has 1 aliphatic heterocycles. The Morgan fingerprint density at radius 2 is 1.77 bits per heavy atom. The molecule has 0 atom stereocenters. The van der Waals surface area contributed by atoms with Crippen LogP contribution in [0.3, 0.4) is 0 Å². The molecule has 2 N–H and O–H groups in total. The first-order chi connectivity index (χ1) is 10.3. The van der Waals surface area contributed by atoms with Crippen molar-refractivity contribution in [2.75, 3.05) is 32.7 Å². The molecule has 0 radical (unpaired) electrons. The standard InChI is InChI=1S/C16H30N4O2/c1-16(2,3)22-15(21)20-11-9-19(10-12-20)14(17)18-8-7-13-5-4-6-13/h13H,4-12H2,1-3H3,(H2,17,18). The molecule has 1 heterocycles. The zero-order valence-corrected chi connectivity index (χ0v) is 14.2. The Kier molecular flexibility index (Phi) is 5.53. The molecular weight excluding hydrogens is 280 g/mol. The van der Waals surface area contributed by atoms with Gasteiger partial charge in [0.05, 0.1) is 0 Å². The molecule has 0 bridgehead atoms. The molecule has 1 saturated carbocycles. The Morgan fingerprint density at radius 1 is 1.18 bits per heavy atom. The number of ether oxygens (including phenoxy) is 1. The van der Waals surface area contributed by atoms with Gasteiger partial charge in [0.15, 0.2) is 5.96 Å². The lowest BCUT2D eigenvalue weighted by atomic mass is 9.83. The second-order valence-electron chi connectivity index (χ2n) is 7.28. The molecule has 6 nitrogen and oxygen atoms in total. The van der Waals surface area contributed by atoms with Crippen molar-refractivity contribution >= 4 is 12.1 Å². The van der Waals surface area contributed by atoms with E-state index in [0.717, 1.165) is 32.0 Å². The number of nitrogens with two attached hydrogens (primary N) is 1. The predicted octanol–water partition coefficient (Wildman–Crippen LogP) is 2.04. The van der Waals surface area contributed by atoms with E-state index in [2.05, 4.69) is 9.89 Å². The van der Waals surface area contributed by atoms with Crippen molar-refractivity contribution in [3.05, 3.63) is 0 Å². The number of carbonyl (C=O) groups is 1. The summed E-state index contributed by atoms with van der Waals surface area (Å²) in [6.07, 6.45) is 4.98. The van der Waals surface area contributed by atoms with Crippen LogP contribution in [0, 0.1) is 5.92 Å². The van der Waals surface area contributed by atoms with E-state index in [0.29, 0.717) is 19.0 Å². The molecule has 0 spiro atoms. The van der Waals surface area contributed by atoms with Crippen LogP contribution in [0.15, 0.2) is 4.99 Å². The molecule has 2 fully saturated rings. The summed E-state index contributed by atoms with van der Waals surface area (Å²) in [6, 6.07) is 0. The lowest BCUT2D eigenvalue weighted by Crippen LogP contribution is -2.53. The zero-order valence-electron chi connectivity index (χ0n) is 14.2. The zero-order chi connectivity index (χ0) is 16.2. The van der Waals surface area contributed by atoms with Gasteiger partial charge >= 0.3 is 6.09 Å². The minimum atomic E-state index is -0.448. The van der Waals surface area contributed by atoms with Crippen LogP contribution < -0.4 is 5.73 Å². The molecule has 2 aliphatic rings. The number of guanidine groups is 1. The molecular formula is C16H30N4O2. The number of carbonyl (C=O) groups excluding carboxylic acids is 1. The third-order valence-corrected chi connectivity index (χ3v) is 4.29. The van der Waals surface area contributed by atoms with Crippen molar-refractivity contribution in [2.24, 2.45) is 16.6 Å². The van der Waals surface area contributed by atoms with Gasteiger partial charge in [0.2, 0.25) is 0 Å². The van der Waals surface area contributed by atoms with Gasteiger partial charge in [-0.3, -0.25) is 4.99 Å². The monoisotopic (exact) mass is 310 g/mol. The van der Waals surface area contributed by atoms with Gasteiger partial charge in [0.1, 0.15) is 5.60 Å². The molecule has 0 unspecified atom stereocenters. The molecule has 0 aromatic carbocycles. The molecule has 22 heavy (non-hydrogen) atoms. The molecule has 0 aromatic rings. The summed E-state index contributed by atoms with van der Waals surface area (Å²) in [6.45, 7) is 9.18. The van der Waals surface area contributed by atoms with Crippen LogP contribution in [-0.2, 0) is 4.74 Å². The highest BCUT2D eigenvalue weighted by Crippen LogP contribution is 2.29. The van der Waals surface area contributed by atoms with Gasteiger partial charge in [-0.2, -0.15) is 0 Å². The Bertz CT molecular complexity index is 405. The molecule has 2 rings (SSSR count). The summed E-state index contributed by atoms with van der Waals surface area (Å²) in [5.41, 5.74) is 5.61. The number of hydrogen-bond acceptors (Lipinski definition) is 3. The van der Waals surface area contributed by atoms with Crippen molar-refractivity contribution in [3.8, 4) is 0 Å². The summed E-state index contributed by atoms with van der Waals surface area (Å²) >= 11 is 0. The molecule has 1 aliphatic carbocycles. The van der Waals surface area contributed by atoms with Gasteiger partial charge in [-0.15, -0.1) is 0 Å². The maximum atomic E-state index is 12.0.